The van der Waals surface area contributed by atoms with Crippen molar-refractivity contribution >= 4 is 39.2 Å². The Hall–Kier alpha value is -1.05. The van der Waals surface area contributed by atoms with Crippen molar-refractivity contribution in [3.8, 4) is 0 Å². The van der Waals surface area contributed by atoms with Gasteiger partial charge >= 0.3 is 0 Å². The molecule has 0 amide bonds. The van der Waals surface area contributed by atoms with Crippen molar-refractivity contribution in [1.82, 2.24) is 0 Å². The van der Waals surface area contributed by atoms with Crippen LogP contribution in [0.1, 0.15) is 15.9 Å². The molecule has 2 aromatic carbocycles. The Labute approximate surface area is 97.6 Å². The van der Waals surface area contributed by atoms with E-state index in [1.54, 1.807) is 12.1 Å². The second kappa shape index (κ2) is 4.21. The molecule has 0 N–H and O–H groups in total. The molecule has 0 aromatic heterocycles. The van der Waals surface area contributed by atoms with Gasteiger partial charge in [0.1, 0.15) is 0 Å². The van der Waals surface area contributed by atoms with Crippen molar-refractivity contribution in [2.24, 2.45) is 0 Å². The van der Waals surface area contributed by atoms with E-state index < -0.39 is 5.24 Å². The van der Waals surface area contributed by atoms with E-state index in [9.17, 15) is 4.79 Å². The zero-order chi connectivity index (χ0) is 10.8. The van der Waals surface area contributed by atoms with E-state index in [1.807, 2.05) is 24.3 Å². The molecule has 0 unspecified atom stereocenters. The standard InChI is InChI=1S/C12H8Cl2O/c13-7-8-1-2-10-6-11(12(14)15)4-3-9(10)5-8/h1-6H,7H2. The molecule has 76 valence electrons. The Morgan fingerprint density at radius 2 is 1.73 bits per heavy atom. The number of alkyl halides is 1. The van der Waals surface area contributed by atoms with E-state index in [-0.39, 0.29) is 0 Å². The van der Waals surface area contributed by atoms with Crippen LogP contribution in [0, 0.1) is 0 Å². The summed E-state index contributed by atoms with van der Waals surface area (Å²) in [7, 11) is 0. The minimum absolute atomic E-state index is 0.432. The molecule has 0 aliphatic rings. The molecule has 0 heterocycles. The number of hydrogen-bond acceptors (Lipinski definition) is 1. The van der Waals surface area contributed by atoms with E-state index >= 15 is 0 Å². The zero-order valence-electron chi connectivity index (χ0n) is 7.84. The van der Waals surface area contributed by atoms with Gasteiger partial charge in [-0.25, -0.2) is 0 Å². The second-order valence-corrected chi connectivity index (χ2v) is 3.91. The summed E-state index contributed by atoms with van der Waals surface area (Å²) in [6.45, 7) is 0. The Balaban J connectivity index is 2.59. The lowest BCUT2D eigenvalue weighted by molar-refractivity contribution is 0.108. The van der Waals surface area contributed by atoms with Gasteiger partial charge in [0.2, 0.25) is 0 Å². The zero-order valence-corrected chi connectivity index (χ0v) is 9.35. The number of rotatable bonds is 2. The minimum Gasteiger partial charge on any atom is -0.276 e. The molecule has 0 saturated heterocycles. The van der Waals surface area contributed by atoms with Crippen LogP contribution in [0.3, 0.4) is 0 Å². The van der Waals surface area contributed by atoms with Crippen LogP contribution in [-0.2, 0) is 5.88 Å². The van der Waals surface area contributed by atoms with Crippen molar-refractivity contribution in [2.75, 3.05) is 0 Å². The molecule has 0 atom stereocenters. The summed E-state index contributed by atoms with van der Waals surface area (Å²) >= 11 is 11.1. The third kappa shape index (κ3) is 2.14. The highest BCUT2D eigenvalue weighted by molar-refractivity contribution is 6.67. The molecule has 2 aromatic rings. The van der Waals surface area contributed by atoms with Crippen LogP contribution >= 0.6 is 23.2 Å². The number of halogens is 2. The highest BCUT2D eigenvalue weighted by Gasteiger charge is 2.02. The van der Waals surface area contributed by atoms with E-state index in [4.69, 9.17) is 23.2 Å². The lowest BCUT2D eigenvalue weighted by Gasteiger charge is -2.01. The molecule has 0 saturated carbocycles. The molecule has 2 rings (SSSR count). The molecule has 0 aliphatic carbocycles. The third-order valence-electron chi connectivity index (χ3n) is 2.29. The van der Waals surface area contributed by atoms with Gasteiger partial charge in [0.05, 0.1) is 0 Å². The Bertz CT molecular complexity index is 520. The summed E-state index contributed by atoms with van der Waals surface area (Å²) < 4.78 is 0. The second-order valence-electron chi connectivity index (χ2n) is 3.30. The van der Waals surface area contributed by atoms with Gasteiger partial charge in [-0.15, -0.1) is 11.6 Å². The summed E-state index contributed by atoms with van der Waals surface area (Å²) in [4.78, 5) is 11.0. The van der Waals surface area contributed by atoms with Gasteiger partial charge in [-0.1, -0.05) is 18.2 Å². The van der Waals surface area contributed by atoms with Crippen LogP contribution in [0.4, 0.5) is 0 Å². The maximum absolute atomic E-state index is 11.0. The summed E-state index contributed by atoms with van der Waals surface area (Å²) in [6, 6.07) is 11.3. The molecule has 0 spiro atoms. The lowest BCUT2D eigenvalue weighted by atomic mass is 10.1. The topological polar surface area (TPSA) is 17.1 Å². The average Bonchev–Trinajstić information content (AvgIpc) is 2.27. The molecule has 15 heavy (non-hydrogen) atoms. The van der Waals surface area contributed by atoms with Crippen molar-refractivity contribution in [3.05, 3.63) is 47.5 Å². The molecule has 0 fully saturated rings. The molecule has 3 heteroatoms. The summed E-state index contributed by atoms with van der Waals surface area (Å²) in [5, 5.41) is 1.63. The minimum atomic E-state index is -0.432. The first-order chi connectivity index (χ1) is 7.20. The third-order valence-corrected chi connectivity index (χ3v) is 2.81. The Morgan fingerprint density at radius 1 is 1.07 bits per heavy atom. The molecule has 0 aliphatic heterocycles. The van der Waals surface area contributed by atoms with Gasteiger partial charge in [0.15, 0.2) is 0 Å². The maximum Gasteiger partial charge on any atom is 0.252 e. The largest absolute Gasteiger partial charge is 0.276 e. The van der Waals surface area contributed by atoms with Crippen molar-refractivity contribution in [3.63, 3.8) is 0 Å². The molecule has 0 radical (unpaired) electrons. The molecular formula is C12H8Cl2O. The smallest absolute Gasteiger partial charge is 0.252 e. The van der Waals surface area contributed by atoms with Gasteiger partial charge in [-0.2, -0.15) is 0 Å². The van der Waals surface area contributed by atoms with E-state index in [1.165, 1.54) is 0 Å². The van der Waals surface area contributed by atoms with Gasteiger partial charge in [-0.05, 0) is 46.1 Å². The van der Waals surface area contributed by atoms with Crippen LogP contribution in [-0.4, -0.2) is 5.24 Å². The predicted molar refractivity (Wildman–Crippen MR) is 63.7 cm³/mol. The van der Waals surface area contributed by atoms with Crippen LogP contribution in [0.5, 0.6) is 0 Å². The van der Waals surface area contributed by atoms with E-state index in [2.05, 4.69) is 0 Å². The van der Waals surface area contributed by atoms with E-state index in [0.29, 0.717) is 11.4 Å². The average molecular weight is 239 g/mol. The normalized spacial score (nSPS) is 10.5. The lowest BCUT2D eigenvalue weighted by Crippen LogP contribution is -1.88. The maximum atomic E-state index is 11.0. The van der Waals surface area contributed by atoms with Crippen LogP contribution in [0.25, 0.3) is 10.8 Å². The predicted octanol–water partition coefficient (Wildman–Crippen LogP) is 3.96. The van der Waals surface area contributed by atoms with Gasteiger partial charge in [0, 0.05) is 11.4 Å². The molecule has 0 bridgehead atoms. The first kappa shape index (κ1) is 10.5. The highest BCUT2D eigenvalue weighted by atomic mass is 35.5. The van der Waals surface area contributed by atoms with Gasteiger partial charge < -0.3 is 0 Å². The van der Waals surface area contributed by atoms with Crippen molar-refractivity contribution in [2.45, 2.75) is 5.88 Å². The van der Waals surface area contributed by atoms with Crippen LogP contribution in [0.15, 0.2) is 36.4 Å². The quantitative estimate of drug-likeness (QED) is 0.572. The van der Waals surface area contributed by atoms with Crippen molar-refractivity contribution < 1.29 is 4.79 Å². The molecule has 1 nitrogen and oxygen atoms in total. The summed E-state index contributed by atoms with van der Waals surface area (Å²) in [5.41, 5.74) is 1.58. The fraction of sp³-hybridized carbons (Fsp3) is 0.0833. The van der Waals surface area contributed by atoms with Crippen LogP contribution < -0.4 is 0 Å². The number of carbonyl (C=O) groups excluding carboxylic acids is 1. The highest BCUT2D eigenvalue weighted by Crippen LogP contribution is 2.19. The number of hydrogen-bond donors (Lipinski definition) is 0. The summed E-state index contributed by atoms with van der Waals surface area (Å²) in [6.07, 6.45) is 0. The first-order valence-corrected chi connectivity index (χ1v) is 5.40. The van der Waals surface area contributed by atoms with Gasteiger partial charge in [-0.3, -0.25) is 4.79 Å². The fourth-order valence-electron chi connectivity index (χ4n) is 1.50. The monoisotopic (exact) mass is 238 g/mol. The van der Waals surface area contributed by atoms with E-state index in [0.717, 1.165) is 16.3 Å². The number of carbonyl (C=O) groups is 1. The SMILES string of the molecule is O=C(Cl)c1ccc2cc(CCl)ccc2c1. The number of benzene rings is 2. The summed E-state index contributed by atoms with van der Waals surface area (Å²) in [5.74, 6) is 0.492. The van der Waals surface area contributed by atoms with Crippen molar-refractivity contribution in [1.29, 1.82) is 0 Å². The first-order valence-electron chi connectivity index (χ1n) is 4.49. The number of fused-ring (bicyclic) bond motifs is 1. The van der Waals surface area contributed by atoms with Crippen LogP contribution in [0.2, 0.25) is 0 Å². The Kier molecular flexibility index (Phi) is 2.94. The molecular weight excluding hydrogens is 231 g/mol. The van der Waals surface area contributed by atoms with Gasteiger partial charge in [0.25, 0.3) is 5.24 Å². The fourth-order valence-corrected chi connectivity index (χ4v) is 1.78. The Morgan fingerprint density at radius 3 is 2.40 bits per heavy atom.